The van der Waals surface area contributed by atoms with Crippen LogP contribution in [0.1, 0.15) is 39.0 Å². The van der Waals surface area contributed by atoms with Gasteiger partial charge in [-0.1, -0.05) is 42.1 Å². The summed E-state index contributed by atoms with van der Waals surface area (Å²) in [6.07, 6.45) is 6.65. The molecular weight excluding hydrogens is 302 g/mol. The van der Waals surface area contributed by atoms with Gasteiger partial charge in [0.15, 0.2) is 0 Å². The van der Waals surface area contributed by atoms with Gasteiger partial charge in [0.05, 0.1) is 11.0 Å². The summed E-state index contributed by atoms with van der Waals surface area (Å²) < 4.78 is 3.24. The number of nitrogens with two attached hydrogens (primary N) is 1. The molecule has 1 aromatic carbocycles. The first-order valence-corrected chi connectivity index (χ1v) is 7.78. The van der Waals surface area contributed by atoms with Crippen molar-refractivity contribution in [3.05, 3.63) is 22.7 Å². The molecule has 0 spiro atoms. The Hall–Kier alpha value is -1.03. The van der Waals surface area contributed by atoms with Gasteiger partial charge in [-0.3, -0.25) is 0 Å². The van der Waals surface area contributed by atoms with Crippen LogP contribution >= 0.6 is 15.9 Å². The lowest BCUT2D eigenvalue weighted by atomic mass is 9.75. The van der Waals surface area contributed by atoms with E-state index < -0.39 is 0 Å². The molecule has 0 radical (unpaired) electrons. The fourth-order valence-corrected chi connectivity index (χ4v) is 3.58. The first-order valence-electron chi connectivity index (χ1n) is 6.99. The minimum absolute atomic E-state index is 0.368. The van der Waals surface area contributed by atoms with E-state index in [1.807, 2.05) is 6.07 Å². The zero-order chi connectivity index (χ0) is 13.5. The molecule has 1 heterocycles. The van der Waals surface area contributed by atoms with E-state index >= 15 is 0 Å². The van der Waals surface area contributed by atoms with Crippen molar-refractivity contribution < 1.29 is 0 Å². The van der Waals surface area contributed by atoms with Crippen LogP contribution in [-0.2, 0) is 6.54 Å². The predicted octanol–water partition coefficient (Wildman–Crippen LogP) is 4.35. The maximum absolute atomic E-state index is 6.12. The summed E-state index contributed by atoms with van der Waals surface area (Å²) in [6.45, 7) is 3.37. The summed E-state index contributed by atoms with van der Waals surface area (Å²) in [7, 11) is 0. The molecule has 1 fully saturated rings. The first kappa shape index (κ1) is 13.0. The van der Waals surface area contributed by atoms with E-state index in [0.29, 0.717) is 11.4 Å². The van der Waals surface area contributed by atoms with E-state index in [1.165, 1.54) is 32.1 Å². The van der Waals surface area contributed by atoms with Gasteiger partial charge in [0, 0.05) is 11.0 Å². The van der Waals surface area contributed by atoms with Crippen molar-refractivity contribution in [1.29, 1.82) is 0 Å². The number of rotatable bonds is 2. The highest BCUT2D eigenvalue weighted by Gasteiger charge is 2.28. The van der Waals surface area contributed by atoms with Crippen LogP contribution < -0.4 is 5.73 Å². The Morgan fingerprint density at radius 2 is 2.05 bits per heavy atom. The molecule has 0 atom stereocenters. The molecule has 3 rings (SSSR count). The smallest absolute Gasteiger partial charge is 0.201 e. The number of fused-ring (bicyclic) bond motifs is 1. The average molecular weight is 322 g/mol. The van der Waals surface area contributed by atoms with E-state index in [4.69, 9.17) is 5.73 Å². The molecule has 1 aliphatic carbocycles. The van der Waals surface area contributed by atoms with Gasteiger partial charge in [-0.05, 0) is 36.5 Å². The molecule has 0 aliphatic heterocycles. The monoisotopic (exact) mass is 321 g/mol. The maximum atomic E-state index is 6.12. The molecule has 2 aromatic rings. The third-order valence-corrected chi connectivity index (χ3v) is 4.83. The van der Waals surface area contributed by atoms with Crippen molar-refractivity contribution >= 4 is 32.9 Å². The number of hydrogen-bond acceptors (Lipinski definition) is 2. The molecule has 3 nitrogen and oxygen atoms in total. The second kappa shape index (κ2) is 4.82. The van der Waals surface area contributed by atoms with Gasteiger partial charge in [-0.2, -0.15) is 0 Å². The number of benzene rings is 1. The Balaban J connectivity index is 1.98. The van der Waals surface area contributed by atoms with Crippen LogP contribution in [-0.4, -0.2) is 9.55 Å². The summed E-state index contributed by atoms with van der Waals surface area (Å²) in [4.78, 5) is 4.48. The molecule has 1 aliphatic rings. The van der Waals surface area contributed by atoms with Crippen LogP contribution in [0.25, 0.3) is 11.0 Å². The van der Waals surface area contributed by atoms with E-state index in [1.54, 1.807) is 0 Å². The zero-order valence-electron chi connectivity index (χ0n) is 11.3. The highest BCUT2D eigenvalue weighted by atomic mass is 79.9. The lowest BCUT2D eigenvalue weighted by Gasteiger charge is -2.34. The zero-order valence-corrected chi connectivity index (χ0v) is 12.9. The van der Waals surface area contributed by atoms with Gasteiger partial charge in [-0.15, -0.1) is 0 Å². The third kappa shape index (κ3) is 2.50. The van der Waals surface area contributed by atoms with Gasteiger partial charge in [-0.25, -0.2) is 4.98 Å². The largest absolute Gasteiger partial charge is 0.369 e. The van der Waals surface area contributed by atoms with Gasteiger partial charge in [0.1, 0.15) is 0 Å². The number of aromatic nitrogens is 2. The molecule has 19 heavy (non-hydrogen) atoms. The normalized spacial score (nSPS) is 18.8. The molecule has 0 bridgehead atoms. The van der Waals surface area contributed by atoms with Crippen molar-refractivity contribution in [1.82, 2.24) is 9.55 Å². The van der Waals surface area contributed by atoms with Gasteiger partial charge < -0.3 is 10.3 Å². The van der Waals surface area contributed by atoms with E-state index in [9.17, 15) is 0 Å². The number of imidazole rings is 1. The molecule has 4 heteroatoms. The van der Waals surface area contributed by atoms with Crippen LogP contribution in [0.15, 0.2) is 22.7 Å². The summed E-state index contributed by atoms with van der Waals surface area (Å²) in [5, 5.41) is 0. The van der Waals surface area contributed by atoms with E-state index in [-0.39, 0.29) is 0 Å². The number of hydrogen-bond donors (Lipinski definition) is 1. The van der Waals surface area contributed by atoms with Crippen molar-refractivity contribution in [2.24, 2.45) is 5.41 Å². The fraction of sp³-hybridized carbons (Fsp3) is 0.533. The summed E-state index contributed by atoms with van der Waals surface area (Å²) >= 11 is 3.49. The highest BCUT2D eigenvalue weighted by Crippen LogP contribution is 2.38. The molecule has 102 valence electrons. The van der Waals surface area contributed by atoms with Crippen molar-refractivity contribution in [3.8, 4) is 0 Å². The first-order chi connectivity index (χ1) is 9.07. The standard InChI is InChI=1S/C15H20BrN3/c1-15(7-3-2-4-8-15)10-19-13-6-5-11(16)9-12(13)18-14(19)17/h5-6,9H,2-4,7-8,10H2,1H3,(H2,17,18). The molecule has 1 saturated carbocycles. The van der Waals surface area contributed by atoms with E-state index in [0.717, 1.165) is 22.1 Å². The number of nitrogen functional groups attached to an aromatic ring is 1. The Morgan fingerprint density at radius 3 is 2.79 bits per heavy atom. The highest BCUT2D eigenvalue weighted by molar-refractivity contribution is 9.10. The molecule has 0 unspecified atom stereocenters. The second-order valence-electron chi connectivity index (χ2n) is 6.06. The van der Waals surface area contributed by atoms with Gasteiger partial charge >= 0.3 is 0 Å². The minimum atomic E-state index is 0.368. The molecule has 1 aromatic heterocycles. The molecule has 0 amide bonds. The SMILES string of the molecule is CC1(Cn2c(N)nc3cc(Br)ccc32)CCCCC1. The Labute approximate surface area is 122 Å². The van der Waals surface area contributed by atoms with Crippen molar-refractivity contribution in [2.75, 3.05) is 5.73 Å². The lowest BCUT2D eigenvalue weighted by Crippen LogP contribution is -2.26. The van der Waals surface area contributed by atoms with Crippen LogP contribution in [0.5, 0.6) is 0 Å². The number of nitrogens with zero attached hydrogens (tertiary/aromatic N) is 2. The fourth-order valence-electron chi connectivity index (χ4n) is 3.23. The Kier molecular flexibility index (Phi) is 3.29. The molecule has 2 N–H and O–H groups in total. The number of anilines is 1. The Bertz CT molecular complexity index is 597. The average Bonchev–Trinajstić information content (AvgIpc) is 2.65. The Morgan fingerprint density at radius 1 is 1.32 bits per heavy atom. The summed E-state index contributed by atoms with van der Waals surface area (Å²) in [6, 6.07) is 6.20. The number of halogens is 1. The van der Waals surface area contributed by atoms with Crippen LogP contribution in [0.3, 0.4) is 0 Å². The van der Waals surface area contributed by atoms with Crippen LogP contribution in [0, 0.1) is 5.41 Å². The molecule has 0 saturated heterocycles. The van der Waals surface area contributed by atoms with Crippen LogP contribution in [0.2, 0.25) is 0 Å². The topological polar surface area (TPSA) is 43.8 Å². The minimum Gasteiger partial charge on any atom is -0.369 e. The van der Waals surface area contributed by atoms with Gasteiger partial charge in [0.2, 0.25) is 5.95 Å². The third-order valence-electron chi connectivity index (χ3n) is 4.34. The predicted molar refractivity (Wildman–Crippen MR) is 83.0 cm³/mol. The lowest BCUT2D eigenvalue weighted by molar-refractivity contribution is 0.186. The van der Waals surface area contributed by atoms with Gasteiger partial charge in [0.25, 0.3) is 0 Å². The maximum Gasteiger partial charge on any atom is 0.201 e. The van der Waals surface area contributed by atoms with Crippen LogP contribution in [0.4, 0.5) is 5.95 Å². The quantitative estimate of drug-likeness (QED) is 0.893. The van der Waals surface area contributed by atoms with E-state index in [2.05, 4.69) is 44.5 Å². The van der Waals surface area contributed by atoms with Crippen molar-refractivity contribution in [3.63, 3.8) is 0 Å². The summed E-state index contributed by atoms with van der Waals surface area (Å²) in [5.41, 5.74) is 8.61. The summed E-state index contributed by atoms with van der Waals surface area (Å²) in [5.74, 6) is 0.639. The second-order valence-corrected chi connectivity index (χ2v) is 6.98. The molecular formula is C15H20BrN3. The van der Waals surface area contributed by atoms with Crippen molar-refractivity contribution in [2.45, 2.75) is 45.6 Å².